The highest BCUT2D eigenvalue weighted by atomic mass is 19.4. The standard InChI is InChI=1S/C23H18F4N6O3/c1-12-17(19-5-6-21-31-20(30-13(2)34)11-33(21)32-19)8-15(10-28-12)22(35)29-9-14-7-16(3-4-18(14)24)36-23(25,26)27/h3-8,10-11H,9H2,1-2H3,(H,29,35)(H,30,34). The normalized spacial score (nSPS) is 11.4. The molecule has 0 saturated heterocycles. The van der Waals surface area contributed by atoms with Gasteiger partial charge in [0.15, 0.2) is 11.5 Å². The lowest BCUT2D eigenvalue weighted by molar-refractivity contribution is -0.274. The molecule has 0 aliphatic heterocycles. The number of pyridine rings is 1. The Morgan fingerprint density at radius 2 is 1.92 bits per heavy atom. The zero-order valence-electron chi connectivity index (χ0n) is 18.9. The number of hydrogen-bond donors (Lipinski definition) is 2. The number of amides is 2. The smallest absolute Gasteiger partial charge is 0.406 e. The third-order valence-corrected chi connectivity index (χ3v) is 4.94. The first-order valence-corrected chi connectivity index (χ1v) is 10.4. The van der Waals surface area contributed by atoms with Crippen molar-refractivity contribution in [2.45, 2.75) is 26.8 Å². The Morgan fingerprint density at radius 1 is 1.14 bits per heavy atom. The zero-order valence-corrected chi connectivity index (χ0v) is 18.9. The van der Waals surface area contributed by atoms with E-state index in [1.807, 2.05) is 0 Å². The van der Waals surface area contributed by atoms with Crippen molar-refractivity contribution in [1.29, 1.82) is 0 Å². The van der Waals surface area contributed by atoms with Crippen molar-refractivity contribution in [3.8, 4) is 17.0 Å². The van der Waals surface area contributed by atoms with Crippen molar-refractivity contribution in [3.63, 3.8) is 0 Å². The summed E-state index contributed by atoms with van der Waals surface area (Å²) in [5.41, 5.74) is 2.00. The number of aryl methyl sites for hydroxylation is 1. The molecule has 3 aromatic heterocycles. The molecule has 0 aliphatic carbocycles. The maximum Gasteiger partial charge on any atom is 0.573 e. The summed E-state index contributed by atoms with van der Waals surface area (Å²) in [6.07, 6.45) is -2.08. The van der Waals surface area contributed by atoms with Crippen LogP contribution in [0.3, 0.4) is 0 Å². The monoisotopic (exact) mass is 502 g/mol. The minimum Gasteiger partial charge on any atom is -0.406 e. The average Bonchev–Trinajstić information content (AvgIpc) is 3.19. The predicted molar refractivity (Wildman–Crippen MR) is 120 cm³/mol. The summed E-state index contributed by atoms with van der Waals surface area (Å²) in [4.78, 5) is 32.4. The van der Waals surface area contributed by atoms with Crippen molar-refractivity contribution < 1.29 is 31.9 Å². The van der Waals surface area contributed by atoms with Gasteiger partial charge < -0.3 is 15.4 Å². The fraction of sp³-hybridized carbons (Fsp3) is 0.174. The molecule has 0 bridgehead atoms. The van der Waals surface area contributed by atoms with Crippen LogP contribution in [0.15, 0.2) is 48.8 Å². The van der Waals surface area contributed by atoms with Crippen LogP contribution >= 0.6 is 0 Å². The Labute approximate surface area is 201 Å². The summed E-state index contributed by atoms with van der Waals surface area (Å²) in [5.74, 6) is -1.98. The minimum absolute atomic E-state index is 0.130. The first-order valence-electron chi connectivity index (χ1n) is 10.4. The number of nitrogens with zero attached hydrogens (tertiary/aromatic N) is 4. The summed E-state index contributed by atoms with van der Waals surface area (Å²) < 4.78 is 56.6. The van der Waals surface area contributed by atoms with Crippen molar-refractivity contribution in [1.82, 2.24) is 24.9 Å². The van der Waals surface area contributed by atoms with Gasteiger partial charge in [-0.1, -0.05) is 0 Å². The molecule has 1 aromatic carbocycles. The number of fused-ring (bicyclic) bond motifs is 1. The number of imidazole rings is 1. The Balaban J connectivity index is 1.54. The number of aromatic nitrogens is 4. The van der Waals surface area contributed by atoms with Gasteiger partial charge in [-0.25, -0.2) is 13.9 Å². The van der Waals surface area contributed by atoms with Gasteiger partial charge in [-0.05, 0) is 43.3 Å². The number of carbonyl (C=O) groups is 2. The molecule has 0 unspecified atom stereocenters. The van der Waals surface area contributed by atoms with Crippen LogP contribution in [-0.4, -0.2) is 37.8 Å². The minimum atomic E-state index is -4.93. The number of benzene rings is 1. The van der Waals surface area contributed by atoms with Crippen LogP contribution in [0.4, 0.5) is 23.4 Å². The summed E-state index contributed by atoms with van der Waals surface area (Å²) in [5, 5.41) is 9.49. The van der Waals surface area contributed by atoms with Gasteiger partial charge in [0.1, 0.15) is 11.6 Å². The van der Waals surface area contributed by atoms with Crippen LogP contribution in [0.2, 0.25) is 0 Å². The maximum absolute atomic E-state index is 14.1. The van der Waals surface area contributed by atoms with E-state index in [0.29, 0.717) is 28.4 Å². The molecule has 2 amide bonds. The van der Waals surface area contributed by atoms with Crippen LogP contribution in [0.25, 0.3) is 16.9 Å². The van der Waals surface area contributed by atoms with Gasteiger partial charge >= 0.3 is 6.36 Å². The molecular formula is C23H18F4N6O3. The van der Waals surface area contributed by atoms with E-state index in [9.17, 15) is 27.2 Å². The van der Waals surface area contributed by atoms with Crippen LogP contribution in [0, 0.1) is 12.7 Å². The Morgan fingerprint density at radius 3 is 2.64 bits per heavy atom. The highest BCUT2D eigenvalue weighted by Gasteiger charge is 2.31. The maximum atomic E-state index is 14.1. The number of alkyl halides is 3. The average molecular weight is 502 g/mol. The molecule has 3 heterocycles. The molecule has 0 radical (unpaired) electrons. The molecule has 186 valence electrons. The van der Waals surface area contributed by atoms with E-state index in [4.69, 9.17) is 0 Å². The number of rotatable bonds is 6. The molecular weight excluding hydrogens is 484 g/mol. The molecule has 0 saturated carbocycles. The van der Waals surface area contributed by atoms with E-state index >= 15 is 0 Å². The second kappa shape index (κ2) is 9.60. The van der Waals surface area contributed by atoms with Gasteiger partial charge in [-0.15, -0.1) is 13.2 Å². The molecule has 0 spiro atoms. The van der Waals surface area contributed by atoms with Crippen LogP contribution in [0.5, 0.6) is 5.75 Å². The van der Waals surface area contributed by atoms with Gasteiger partial charge in [0, 0.05) is 36.5 Å². The van der Waals surface area contributed by atoms with E-state index in [-0.39, 0.29) is 23.6 Å². The predicted octanol–water partition coefficient (Wildman–Crippen LogP) is 4.03. The van der Waals surface area contributed by atoms with Crippen molar-refractivity contribution in [3.05, 3.63) is 71.4 Å². The highest BCUT2D eigenvalue weighted by molar-refractivity contribution is 5.95. The molecule has 36 heavy (non-hydrogen) atoms. The molecule has 13 heteroatoms. The summed E-state index contributed by atoms with van der Waals surface area (Å²) in [6.45, 7) is 2.70. The van der Waals surface area contributed by atoms with Gasteiger partial charge in [0.2, 0.25) is 5.91 Å². The number of ether oxygens (including phenoxy) is 1. The van der Waals surface area contributed by atoms with Gasteiger partial charge in [-0.3, -0.25) is 14.6 Å². The van der Waals surface area contributed by atoms with Crippen molar-refractivity contribution in [2.75, 3.05) is 5.32 Å². The van der Waals surface area contributed by atoms with E-state index in [1.165, 1.54) is 29.9 Å². The molecule has 0 atom stereocenters. The summed E-state index contributed by atoms with van der Waals surface area (Å²) in [7, 11) is 0. The second-order valence-corrected chi connectivity index (χ2v) is 7.67. The second-order valence-electron chi connectivity index (χ2n) is 7.67. The fourth-order valence-electron chi connectivity index (χ4n) is 3.34. The lowest BCUT2D eigenvalue weighted by Crippen LogP contribution is -2.24. The largest absolute Gasteiger partial charge is 0.573 e. The summed E-state index contributed by atoms with van der Waals surface area (Å²) in [6, 6.07) is 7.42. The molecule has 4 rings (SSSR count). The Kier molecular flexibility index (Phi) is 6.55. The van der Waals surface area contributed by atoms with Crippen molar-refractivity contribution >= 4 is 23.3 Å². The first-order chi connectivity index (χ1) is 17.0. The van der Waals surface area contributed by atoms with E-state index in [1.54, 1.807) is 19.1 Å². The van der Waals surface area contributed by atoms with Gasteiger partial charge in [-0.2, -0.15) is 5.10 Å². The number of anilines is 1. The van der Waals surface area contributed by atoms with E-state index in [2.05, 4.69) is 30.4 Å². The zero-order chi connectivity index (χ0) is 26.0. The number of nitrogens with one attached hydrogen (secondary N) is 2. The lowest BCUT2D eigenvalue weighted by atomic mass is 10.1. The Bertz CT molecular complexity index is 1470. The molecule has 2 N–H and O–H groups in total. The molecule has 4 aromatic rings. The topological polar surface area (TPSA) is 111 Å². The fourth-order valence-corrected chi connectivity index (χ4v) is 3.34. The highest BCUT2D eigenvalue weighted by Crippen LogP contribution is 2.25. The van der Waals surface area contributed by atoms with E-state index in [0.717, 1.165) is 18.2 Å². The number of hydrogen-bond acceptors (Lipinski definition) is 6. The lowest BCUT2D eigenvalue weighted by Gasteiger charge is -2.12. The van der Waals surface area contributed by atoms with Crippen LogP contribution in [-0.2, 0) is 11.3 Å². The van der Waals surface area contributed by atoms with Crippen LogP contribution in [0.1, 0.15) is 28.5 Å². The first kappa shape index (κ1) is 24.6. The van der Waals surface area contributed by atoms with E-state index < -0.39 is 23.8 Å². The SMILES string of the molecule is CC(=O)Nc1cn2nc(-c3cc(C(=O)NCc4cc(OC(F)(F)F)ccc4F)cnc3C)ccc2n1. The molecule has 9 nitrogen and oxygen atoms in total. The quantitative estimate of drug-likeness (QED) is 0.386. The summed E-state index contributed by atoms with van der Waals surface area (Å²) >= 11 is 0. The molecule has 0 fully saturated rings. The van der Waals surface area contributed by atoms with Crippen molar-refractivity contribution in [2.24, 2.45) is 0 Å². The molecule has 0 aliphatic rings. The third-order valence-electron chi connectivity index (χ3n) is 4.94. The van der Waals surface area contributed by atoms with Gasteiger partial charge in [0.25, 0.3) is 5.91 Å². The number of halogens is 4. The third kappa shape index (κ3) is 5.74. The van der Waals surface area contributed by atoms with Crippen LogP contribution < -0.4 is 15.4 Å². The number of carbonyl (C=O) groups excluding carboxylic acids is 2. The van der Waals surface area contributed by atoms with Gasteiger partial charge in [0.05, 0.1) is 17.5 Å². The Hall–Kier alpha value is -4.55.